The second-order valence-electron chi connectivity index (χ2n) is 5.88. The Morgan fingerprint density at radius 3 is 2.68 bits per heavy atom. The van der Waals surface area contributed by atoms with Crippen LogP contribution in [0.5, 0.6) is 0 Å². The number of aliphatic hydroxyl groups is 1. The van der Waals surface area contributed by atoms with Gasteiger partial charge in [-0.1, -0.05) is 43.0 Å². The van der Waals surface area contributed by atoms with Crippen molar-refractivity contribution in [2.45, 2.75) is 45.1 Å². The summed E-state index contributed by atoms with van der Waals surface area (Å²) in [4.78, 5) is 0. The van der Waals surface area contributed by atoms with Crippen LogP contribution in [0, 0.1) is 5.41 Å². The van der Waals surface area contributed by atoms with Gasteiger partial charge in [0, 0.05) is 29.6 Å². The van der Waals surface area contributed by atoms with E-state index in [0.717, 1.165) is 24.4 Å². The van der Waals surface area contributed by atoms with Gasteiger partial charge in [-0.05, 0) is 37.5 Å². The van der Waals surface area contributed by atoms with Gasteiger partial charge in [0.2, 0.25) is 0 Å². The average Bonchev–Trinajstić information content (AvgIpc) is 2.46. The molecule has 0 aliphatic heterocycles. The normalized spacial score (nSPS) is 20.2. The molecule has 0 heterocycles. The third-order valence-electron chi connectivity index (χ3n) is 4.38. The fraction of sp³-hybridized carbons (Fsp3) is 0.625. The van der Waals surface area contributed by atoms with Crippen molar-refractivity contribution < 1.29 is 5.11 Å². The van der Waals surface area contributed by atoms with Crippen molar-refractivity contribution in [3.8, 4) is 0 Å². The zero-order valence-corrected chi connectivity index (χ0v) is 12.4. The Morgan fingerprint density at radius 2 is 2.05 bits per heavy atom. The molecule has 0 amide bonds. The van der Waals surface area contributed by atoms with E-state index in [0.29, 0.717) is 6.61 Å². The summed E-state index contributed by atoms with van der Waals surface area (Å²) in [6.07, 6.45) is 6.07. The minimum Gasteiger partial charge on any atom is -0.396 e. The van der Waals surface area contributed by atoms with Crippen LogP contribution in [0.15, 0.2) is 24.3 Å². The molecule has 0 saturated heterocycles. The maximum atomic E-state index is 9.71. The van der Waals surface area contributed by atoms with E-state index in [1.807, 2.05) is 18.2 Å². The minimum absolute atomic E-state index is 0.0884. The summed E-state index contributed by atoms with van der Waals surface area (Å²) in [5.74, 6) is 0. The van der Waals surface area contributed by atoms with Crippen molar-refractivity contribution in [1.29, 1.82) is 0 Å². The number of benzene rings is 1. The van der Waals surface area contributed by atoms with E-state index in [9.17, 15) is 5.11 Å². The maximum Gasteiger partial charge on any atom is 0.0499 e. The predicted octanol–water partition coefficient (Wildman–Crippen LogP) is 3.93. The standard InChI is InChI=1S/C16H24ClNO/c1-13(14-6-5-7-15(17)10-14)18-11-16(12-19)8-3-2-4-9-16/h5-7,10,13,18-19H,2-4,8-9,11-12H2,1H3/t13-/m0/s1. The van der Waals surface area contributed by atoms with E-state index in [4.69, 9.17) is 11.6 Å². The van der Waals surface area contributed by atoms with Crippen LogP contribution >= 0.6 is 11.6 Å². The molecule has 19 heavy (non-hydrogen) atoms. The van der Waals surface area contributed by atoms with E-state index in [2.05, 4.69) is 18.3 Å². The minimum atomic E-state index is 0.0884. The molecule has 1 aliphatic rings. The van der Waals surface area contributed by atoms with Crippen molar-refractivity contribution >= 4 is 11.6 Å². The Kier molecular flexibility index (Phi) is 5.26. The lowest BCUT2D eigenvalue weighted by Crippen LogP contribution is -2.39. The summed E-state index contributed by atoms with van der Waals surface area (Å²) in [7, 11) is 0. The molecular formula is C16H24ClNO. The topological polar surface area (TPSA) is 32.3 Å². The average molecular weight is 282 g/mol. The molecule has 1 aromatic rings. The van der Waals surface area contributed by atoms with Crippen LogP contribution in [0.4, 0.5) is 0 Å². The Bertz CT molecular complexity index is 401. The summed E-state index contributed by atoms with van der Waals surface area (Å²) in [5, 5.41) is 14.1. The molecule has 0 bridgehead atoms. The number of aliphatic hydroxyl groups excluding tert-OH is 1. The largest absolute Gasteiger partial charge is 0.396 e. The molecule has 1 fully saturated rings. The molecule has 2 rings (SSSR count). The molecule has 0 radical (unpaired) electrons. The van der Waals surface area contributed by atoms with E-state index in [-0.39, 0.29) is 11.5 Å². The lowest BCUT2D eigenvalue weighted by Gasteiger charge is -2.36. The van der Waals surface area contributed by atoms with Gasteiger partial charge in [0.1, 0.15) is 0 Å². The zero-order valence-electron chi connectivity index (χ0n) is 11.7. The van der Waals surface area contributed by atoms with Gasteiger partial charge in [0.25, 0.3) is 0 Å². The molecule has 0 unspecified atom stereocenters. The maximum absolute atomic E-state index is 9.71. The fourth-order valence-corrected chi connectivity index (χ4v) is 3.15. The van der Waals surface area contributed by atoms with Crippen molar-refractivity contribution in [1.82, 2.24) is 5.32 Å². The van der Waals surface area contributed by atoms with Crippen LogP contribution in [0.1, 0.15) is 50.6 Å². The van der Waals surface area contributed by atoms with Crippen molar-refractivity contribution in [3.05, 3.63) is 34.9 Å². The van der Waals surface area contributed by atoms with Gasteiger partial charge in [-0.2, -0.15) is 0 Å². The Hall–Kier alpha value is -0.570. The summed E-state index contributed by atoms with van der Waals surface area (Å²) in [6.45, 7) is 3.33. The Morgan fingerprint density at radius 1 is 1.32 bits per heavy atom. The first-order valence-electron chi connectivity index (χ1n) is 7.25. The monoisotopic (exact) mass is 281 g/mol. The van der Waals surface area contributed by atoms with E-state index in [1.54, 1.807) is 0 Å². The molecule has 1 aromatic carbocycles. The van der Waals surface area contributed by atoms with Crippen molar-refractivity contribution in [3.63, 3.8) is 0 Å². The van der Waals surface area contributed by atoms with E-state index in [1.165, 1.54) is 24.8 Å². The summed E-state index contributed by atoms with van der Waals surface area (Å²) < 4.78 is 0. The van der Waals surface area contributed by atoms with Gasteiger partial charge < -0.3 is 10.4 Å². The summed E-state index contributed by atoms with van der Waals surface area (Å²) >= 11 is 6.02. The highest BCUT2D eigenvalue weighted by Gasteiger charge is 2.31. The Balaban J connectivity index is 1.93. The van der Waals surface area contributed by atoms with Crippen molar-refractivity contribution in [2.24, 2.45) is 5.41 Å². The lowest BCUT2D eigenvalue weighted by molar-refractivity contribution is 0.0789. The van der Waals surface area contributed by atoms with Crippen LogP contribution in [0.2, 0.25) is 5.02 Å². The van der Waals surface area contributed by atoms with Gasteiger partial charge in [0.05, 0.1) is 0 Å². The molecule has 2 N–H and O–H groups in total. The van der Waals surface area contributed by atoms with Gasteiger partial charge in [0.15, 0.2) is 0 Å². The van der Waals surface area contributed by atoms with Crippen LogP contribution in [-0.4, -0.2) is 18.3 Å². The third-order valence-corrected chi connectivity index (χ3v) is 4.62. The molecule has 3 heteroatoms. The second kappa shape index (κ2) is 6.74. The number of rotatable bonds is 5. The summed E-state index contributed by atoms with van der Waals surface area (Å²) in [6, 6.07) is 8.25. The Labute approximate surface area is 121 Å². The quantitative estimate of drug-likeness (QED) is 0.857. The highest BCUT2D eigenvalue weighted by molar-refractivity contribution is 6.30. The predicted molar refractivity (Wildman–Crippen MR) is 80.5 cm³/mol. The van der Waals surface area contributed by atoms with E-state index < -0.39 is 0 Å². The summed E-state index contributed by atoms with van der Waals surface area (Å²) in [5.41, 5.74) is 1.29. The first-order chi connectivity index (χ1) is 9.15. The highest BCUT2D eigenvalue weighted by atomic mass is 35.5. The third kappa shape index (κ3) is 3.95. The zero-order chi connectivity index (χ0) is 13.7. The molecule has 106 valence electrons. The molecule has 0 aromatic heterocycles. The first-order valence-corrected chi connectivity index (χ1v) is 7.63. The number of halogens is 1. The van der Waals surface area contributed by atoms with Crippen LogP contribution in [0.3, 0.4) is 0 Å². The van der Waals surface area contributed by atoms with Gasteiger partial charge in [-0.15, -0.1) is 0 Å². The number of hydrogen-bond acceptors (Lipinski definition) is 2. The SMILES string of the molecule is C[C@H](NCC1(CO)CCCCC1)c1cccc(Cl)c1. The van der Waals surface area contributed by atoms with Gasteiger partial charge >= 0.3 is 0 Å². The molecule has 1 saturated carbocycles. The second-order valence-corrected chi connectivity index (χ2v) is 6.31. The van der Waals surface area contributed by atoms with Crippen LogP contribution in [-0.2, 0) is 0 Å². The molecule has 1 aliphatic carbocycles. The van der Waals surface area contributed by atoms with Crippen LogP contribution in [0.25, 0.3) is 0 Å². The smallest absolute Gasteiger partial charge is 0.0499 e. The van der Waals surface area contributed by atoms with E-state index >= 15 is 0 Å². The van der Waals surface area contributed by atoms with Gasteiger partial charge in [-0.25, -0.2) is 0 Å². The fourth-order valence-electron chi connectivity index (χ4n) is 2.96. The lowest BCUT2D eigenvalue weighted by atomic mass is 9.74. The van der Waals surface area contributed by atoms with Gasteiger partial charge in [-0.3, -0.25) is 0 Å². The number of hydrogen-bond donors (Lipinski definition) is 2. The van der Waals surface area contributed by atoms with Crippen molar-refractivity contribution in [2.75, 3.05) is 13.2 Å². The molecule has 1 atom stereocenters. The molecule has 0 spiro atoms. The first kappa shape index (κ1) is 14.8. The molecular weight excluding hydrogens is 258 g/mol. The highest BCUT2D eigenvalue weighted by Crippen LogP contribution is 2.35. The van der Waals surface area contributed by atoms with Crippen LogP contribution < -0.4 is 5.32 Å². The molecule has 2 nitrogen and oxygen atoms in total. The number of nitrogens with one attached hydrogen (secondary N) is 1.